The maximum absolute atomic E-state index is 11.9. The molecular formula is C16H24N2O5. The first-order chi connectivity index (χ1) is 10.6. The molecule has 1 aromatic rings. The first kappa shape index (κ1) is 18.6. The highest BCUT2D eigenvalue weighted by atomic mass is 16.6. The predicted octanol–water partition coefficient (Wildman–Crippen LogP) is 2.28. The third-order valence-electron chi connectivity index (χ3n) is 3.00. The van der Waals surface area contributed by atoms with E-state index in [1.165, 1.54) is 6.07 Å². The Hall–Kier alpha value is -2.44. The quantitative estimate of drug-likeness (QED) is 0.470. The molecule has 1 aromatic carbocycles. The Balaban J connectivity index is 2.76. The van der Waals surface area contributed by atoms with Gasteiger partial charge in [-0.05, 0) is 51.3 Å². The second kappa shape index (κ2) is 7.71. The lowest BCUT2D eigenvalue weighted by atomic mass is 10.0. The normalized spacial score (nSPS) is 12.5. The van der Waals surface area contributed by atoms with E-state index in [4.69, 9.17) is 15.6 Å². The van der Waals surface area contributed by atoms with Gasteiger partial charge in [-0.2, -0.15) is 0 Å². The van der Waals surface area contributed by atoms with Gasteiger partial charge in [-0.1, -0.05) is 6.07 Å². The number of carboxylic acid groups (broad SMARTS) is 1. The summed E-state index contributed by atoms with van der Waals surface area (Å²) in [6, 6.07) is 4.33. The molecule has 0 saturated heterocycles. The number of ether oxygens (including phenoxy) is 1. The molecular weight excluding hydrogens is 300 g/mol. The zero-order valence-electron chi connectivity index (χ0n) is 13.6. The molecule has 1 amide bonds. The number of hydrogen-bond acceptors (Lipinski definition) is 5. The van der Waals surface area contributed by atoms with Gasteiger partial charge >= 0.3 is 12.1 Å². The monoisotopic (exact) mass is 324 g/mol. The average molecular weight is 324 g/mol. The summed E-state index contributed by atoms with van der Waals surface area (Å²) in [5.41, 5.74) is 6.03. The summed E-state index contributed by atoms with van der Waals surface area (Å²) >= 11 is 0. The zero-order valence-corrected chi connectivity index (χ0v) is 13.6. The number of phenols is 1. The largest absolute Gasteiger partial charge is 0.506 e. The molecule has 0 saturated carbocycles. The number of benzene rings is 1. The summed E-state index contributed by atoms with van der Waals surface area (Å²) in [6.45, 7) is 5.25. The SMILES string of the molecule is CC(C)(C)OC(=O)NC(CCC(=O)O)Cc1ccc(O)c(N)c1. The molecule has 23 heavy (non-hydrogen) atoms. The lowest BCUT2D eigenvalue weighted by Gasteiger charge is -2.23. The van der Waals surface area contributed by atoms with E-state index in [0.29, 0.717) is 6.42 Å². The molecule has 0 aliphatic carbocycles. The molecule has 7 heteroatoms. The molecule has 0 aliphatic heterocycles. The van der Waals surface area contributed by atoms with Crippen LogP contribution in [0.5, 0.6) is 5.75 Å². The van der Waals surface area contributed by atoms with Crippen LogP contribution in [0.25, 0.3) is 0 Å². The predicted molar refractivity (Wildman–Crippen MR) is 86.3 cm³/mol. The number of anilines is 1. The van der Waals surface area contributed by atoms with E-state index in [-0.39, 0.29) is 24.3 Å². The van der Waals surface area contributed by atoms with E-state index in [0.717, 1.165) is 5.56 Å². The second-order valence-electron chi connectivity index (χ2n) is 6.37. The summed E-state index contributed by atoms with van der Waals surface area (Å²) in [7, 11) is 0. The minimum Gasteiger partial charge on any atom is -0.506 e. The summed E-state index contributed by atoms with van der Waals surface area (Å²) in [5.74, 6) is -0.956. The number of carboxylic acids is 1. The van der Waals surface area contributed by atoms with Crippen molar-refractivity contribution in [2.75, 3.05) is 5.73 Å². The minimum absolute atomic E-state index is 0.0177. The van der Waals surface area contributed by atoms with Crippen molar-refractivity contribution in [1.82, 2.24) is 5.32 Å². The lowest BCUT2D eigenvalue weighted by Crippen LogP contribution is -2.40. The van der Waals surface area contributed by atoms with E-state index in [1.807, 2.05) is 0 Å². The van der Waals surface area contributed by atoms with Crippen LogP contribution in [-0.4, -0.2) is 33.9 Å². The van der Waals surface area contributed by atoms with Crippen molar-refractivity contribution in [3.05, 3.63) is 23.8 Å². The number of rotatable bonds is 6. The van der Waals surface area contributed by atoms with Crippen LogP contribution < -0.4 is 11.1 Å². The van der Waals surface area contributed by atoms with Crippen LogP contribution in [0, 0.1) is 0 Å². The van der Waals surface area contributed by atoms with Gasteiger partial charge in [0.2, 0.25) is 0 Å². The molecule has 0 aliphatic rings. The van der Waals surface area contributed by atoms with Crippen molar-refractivity contribution in [3.63, 3.8) is 0 Å². The van der Waals surface area contributed by atoms with Crippen LogP contribution in [-0.2, 0) is 16.0 Å². The highest BCUT2D eigenvalue weighted by Crippen LogP contribution is 2.22. The van der Waals surface area contributed by atoms with Crippen LogP contribution in [0.3, 0.4) is 0 Å². The molecule has 1 unspecified atom stereocenters. The average Bonchev–Trinajstić information content (AvgIpc) is 2.38. The van der Waals surface area contributed by atoms with Crippen molar-refractivity contribution in [3.8, 4) is 5.75 Å². The second-order valence-corrected chi connectivity index (χ2v) is 6.37. The van der Waals surface area contributed by atoms with E-state index in [1.54, 1.807) is 32.9 Å². The van der Waals surface area contributed by atoms with E-state index < -0.39 is 23.7 Å². The minimum atomic E-state index is -0.939. The zero-order chi connectivity index (χ0) is 17.6. The molecule has 0 bridgehead atoms. The Morgan fingerprint density at radius 3 is 2.52 bits per heavy atom. The van der Waals surface area contributed by atoms with Crippen LogP contribution >= 0.6 is 0 Å². The fourth-order valence-electron chi connectivity index (χ4n) is 2.01. The van der Waals surface area contributed by atoms with Gasteiger partial charge in [-0.25, -0.2) is 4.79 Å². The van der Waals surface area contributed by atoms with E-state index in [9.17, 15) is 14.7 Å². The fraction of sp³-hybridized carbons (Fsp3) is 0.500. The number of alkyl carbamates (subject to hydrolysis) is 1. The van der Waals surface area contributed by atoms with Crippen molar-refractivity contribution in [1.29, 1.82) is 0 Å². The van der Waals surface area contributed by atoms with Gasteiger partial charge < -0.3 is 26.0 Å². The molecule has 5 N–H and O–H groups in total. The van der Waals surface area contributed by atoms with Crippen molar-refractivity contribution in [2.24, 2.45) is 0 Å². The molecule has 1 rings (SSSR count). The van der Waals surface area contributed by atoms with Crippen LogP contribution in [0.2, 0.25) is 0 Å². The first-order valence-electron chi connectivity index (χ1n) is 7.35. The number of aliphatic carboxylic acids is 1. The Kier molecular flexibility index (Phi) is 6.24. The Bertz CT molecular complexity index is 566. The van der Waals surface area contributed by atoms with Gasteiger partial charge in [-0.15, -0.1) is 0 Å². The molecule has 0 aromatic heterocycles. The highest BCUT2D eigenvalue weighted by Gasteiger charge is 2.20. The first-order valence-corrected chi connectivity index (χ1v) is 7.35. The summed E-state index contributed by atoms with van der Waals surface area (Å²) in [6.07, 6.45) is -0.0277. The van der Waals surface area contributed by atoms with Crippen molar-refractivity contribution in [2.45, 2.75) is 51.7 Å². The van der Waals surface area contributed by atoms with Crippen LogP contribution in [0.4, 0.5) is 10.5 Å². The Labute approximate surface area is 135 Å². The van der Waals surface area contributed by atoms with Crippen LogP contribution in [0.15, 0.2) is 18.2 Å². The fourth-order valence-corrected chi connectivity index (χ4v) is 2.01. The van der Waals surface area contributed by atoms with Crippen molar-refractivity contribution >= 4 is 17.7 Å². The molecule has 128 valence electrons. The number of carbonyl (C=O) groups is 2. The number of nitrogen functional groups attached to an aromatic ring is 1. The number of nitrogens with one attached hydrogen (secondary N) is 1. The van der Waals surface area contributed by atoms with Gasteiger partial charge in [0.05, 0.1) is 5.69 Å². The van der Waals surface area contributed by atoms with Crippen molar-refractivity contribution < 1.29 is 24.5 Å². The molecule has 0 heterocycles. The van der Waals surface area contributed by atoms with E-state index >= 15 is 0 Å². The van der Waals surface area contributed by atoms with Gasteiger partial charge in [0, 0.05) is 12.5 Å². The van der Waals surface area contributed by atoms with E-state index in [2.05, 4.69) is 5.32 Å². The molecule has 7 nitrogen and oxygen atoms in total. The van der Waals surface area contributed by atoms with Gasteiger partial charge in [-0.3, -0.25) is 4.79 Å². The molecule has 1 atom stereocenters. The summed E-state index contributed by atoms with van der Waals surface area (Å²) in [4.78, 5) is 22.7. The topological polar surface area (TPSA) is 122 Å². The van der Waals surface area contributed by atoms with Gasteiger partial charge in [0.25, 0.3) is 0 Å². The standard InChI is InChI=1S/C16H24N2O5/c1-16(2,3)23-15(22)18-11(5-7-14(20)21)8-10-4-6-13(19)12(17)9-10/h4,6,9,11,19H,5,7-8,17H2,1-3H3,(H,18,22)(H,20,21). The molecule has 0 fully saturated rings. The number of aromatic hydroxyl groups is 1. The smallest absolute Gasteiger partial charge is 0.407 e. The van der Waals surface area contributed by atoms with Crippen LogP contribution in [0.1, 0.15) is 39.2 Å². The third-order valence-corrected chi connectivity index (χ3v) is 3.00. The highest BCUT2D eigenvalue weighted by molar-refractivity contribution is 5.69. The lowest BCUT2D eigenvalue weighted by molar-refractivity contribution is -0.137. The number of nitrogens with two attached hydrogens (primary N) is 1. The maximum atomic E-state index is 11.9. The maximum Gasteiger partial charge on any atom is 0.407 e. The number of carbonyl (C=O) groups excluding carboxylic acids is 1. The molecule has 0 spiro atoms. The molecule has 0 radical (unpaired) electrons. The summed E-state index contributed by atoms with van der Waals surface area (Å²) < 4.78 is 5.19. The van der Waals surface area contributed by atoms with Gasteiger partial charge in [0.15, 0.2) is 0 Å². The van der Waals surface area contributed by atoms with Gasteiger partial charge in [0.1, 0.15) is 11.4 Å². The number of phenolic OH excluding ortho intramolecular Hbond substituents is 1. The Morgan fingerprint density at radius 2 is 2.00 bits per heavy atom. The third kappa shape index (κ3) is 7.39. The Morgan fingerprint density at radius 1 is 1.35 bits per heavy atom. The summed E-state index contributed by atoms with van der Waals surface area (Å²) in [5, 5.41) is 21.0. The number of amides is 1. The number of hydrogen-bond donors (Lipinski definition) is 4.